The maximum atomic E-state index is 5.37. The largest absolute Gasteiger partial charge is 1.00 e. The van der Waals surface area contributed by atoms with Gasteiger partial charge in [-0.25, -0.2) is 6.61 Å². The van der Waals surface area contributed by atoms with Crippen LogP contribution in [-0.4, -0.2) is 19.3 Å². The summed E-state index contributed by atoms with van der Waals surface area (Å²) in [4.78, 5) is 0. The van der Waals surface area contributed by atoms with Crippen LogP contribution in [0.15, 0.2) is 0 Å². The van der Waals surface area contributed by atoms with Crippen LogP contribution in [-0.2, 0) is 26.5 Å². The Hall–Kier alpha value is 0.439. The van der Waals surface area contributed by atoms with E-state index in [1.807, 2.05) is 13.5 Å². The van der Waals surface area contributed by atoms with E-state index in [0.717, 1.165) is 6.42 Å². The van der Waals surface area contributed by atoms with Crippen molar-refractivity contribution in [1.29, 1.82) is 0 Å². The molecule has 11 heavy (non-hydrogen) atoms. The van der Waals surface area contributed by atoms with Gasteiger partial charge in [0.25, 0.3) is 0 Å². The monoisotopic (exact) mass is 206 g/mol. The van der Waals surface area contributed by atoms with Gasteiger partial charge in [-0.3, -0.25) is 0 Å². The molecule has 0 unspecified atom stereocenters. The molecular weight excluding hydrogens is 192 g/mol. The van der Waals surface area contributed by atoms with E-state index in [4.69, 9.17) is 9.47 Å². The molecule has 1 aliphatic rings. The van der Waals surface area contributed by atoms with E-state index in [1.54, 1.807) is 7.11 Å². The first-order valence-electron chi connectivity index (χ1n) is 3.75. The minimum Gasteiger partial charge on any atom is -0.548 e. The molecule has 0 aromatic heterocycles. The molecule has 0 N–H and O–H groups in total. The quantitative estimate of drug-likeness (QED) is 0.505. The van der Waals surface area contributed by atoms with E-state index in [-0.39, 0.29) is 29.3 Å². The van der Waals surface area contributed by atoms with Gasteiger partial charge >= 0.3 is 17.1 Å². The van der Waals surface area contributed by atoms with Gasteiger partial charge in [-0.1, -0.05) is 6.92 Å². The van der Waals surface area contributed by atoms with Gasteiger partial charge in [0.05, 0.1) is 6.10 Å². The minimum atomic E-state index is 0. The topological polar surface area (TPSA) is 18.5 Å². The van der Waals surface area contributed by atoms with Gasteiger partial charge in [0.1, 0.15) is 0 Å². The maximum Gasteiger partial charge on any atom is 1.00 e. The normalized spacial score (nSPS) is 33.0. The molecule has 0 aromatic carbocycles. The van der Waals surface area contributed by atoms with Gasteiger partial charge < -0.3 is 9.47 Å². The Labute approximate surface area is 79.1 Å². The minimum absolute atomic E-state index is 0. The number of rotatable bonds is 2. The summed E-state index contributed by atoms with van der Waals surface area (Å²) >= 11 is 0. The zero-order valence-corrected chi connectivity index (χ0v) is 8.08. The van der Waals surface area contributed by atoms with Crippen molar-refractivity contribution in [2.45, 2.75) is 32.5 Å². The fraction of sp³-hybridized carbons (Fsp3) is 0.875. The molecule has 0 bridgehead atoms. The molecule has 0 radical (unpaired) electrons. The van der Waals surface area contributed by atoms with Crippen molar-refractivity contribution in [2.75, 3.05) is 7.11 Å². The van der Waals surface area contributed by atoms with E-state index < -0.39 is 0 Å². The van der Waals surface area contributed by atoms with Gasteiger partial charge in [0.2, 0.25) is 0 Å². The molecule has 3 atom stereocenters. The predicted octanol–water partition coefficient (Wildman–Crippen LogP) is 1.61. The molecule has 0 aliphatic carbocycles. The van der Waals surface area contributed by atoms with E-state index in [2.05, 4.69) is 6.92 Å². The van der Waals surface area contributed by atoms with Crippen LogP contribution in [0.4, 0.5) is 0 Å². The van der Waals surface area contributed by atoms with Crippen molar-refractivity contribution in [1.82, 2.24) is 0 Å². The van der Waals surface area contributed by atoms with E-state index in [0.29, 0.717) is 5.92 Å². The molecule has 1 rings (SSSR count). The molecule has 0 amide bonds. The average molecular weight is 207 g/mol. The summed E-state index contributed by atoms with van der Waals surface area (Å²) in [7, 11) is 1.72. The fourth-order valence-electron chi connectivity index (χ4n) is 1.17. The van der Waals surface area contributed by atoms with Gasteiger partial charge in [-0.05, 0) is 13.3 Å². The summed E-state index contributed by atoms with van der Waals surface area (Å²) in [6.07, 6.45) is 1.59. The molecular formula is C8H15CuO2. The van der Waals surface area contributed by atoms with E-state index in [9.17, 15) is 0 Å². The van der Waals surface area contributed by atoms with Crippen molar-refractivity contribution in [3.63, 3.8) is 0 Å². The number of hydrogen-bond donors (Lipinski definition) is 0. The smallest absolute Gasteiger partial charge is 0.548 e. The number of hydrogen-bond acceptors (Lipinski definition) is 2. The van der Waals surface area contributed by atoms with Gasteiger partial charge in [-0.15, -0.1) is 5.92 Å². The van der Waals surface area contributed by atoms with Crippen molar-refractivity contribution in [3.05, 3.63) is 6.61 Å². The van der Waals surface area contributed by atoms with Gasteiger partial charge in [0, 0.05) is 13.2 Å². The Morgan fingerprint density at radius 2 is 2.27 bits per heavy atom. The third kappa shape index (κ3) is 3.12. The Morgan fingerprint density at radius 3 is 2.64 bits per heavy atom. The van der Waals surface area contributed by atoms with Crippen molar-refractivity contribution in [3.8, 4) is 0 Å². The molecule has 1 heterocycles. The fourth-order valence-corrected chi connectivity index (χ4v) is 1.17. The first-order chi connectivity index (χ1) is 4.74. The second-order valence-electron chi connectivity index (χ2n) is 2.96. The second-order valence-corrected chi connectivity index (χ2v) is 2.96. The standard InChI is InChI=1S/C8H15O2.Cu/c1-6-4-8(10-5-6)7(2)9-3;/h5-8H,4H2,1-3H3;/q-1;+1/t6-,7-,8+;/m0./s1. The summed E-state index contributed by atoms with van der Waals surface area (Å²) in [5.74, 6) is 0.586. The zero-order chi connectivity index (χ0) is 7.56. The van der Waals surface area contributed by atoms with Crippen LogP contribution in [0.2, 0.25) is 0 Å². The molecule has 0 saturated carbocycles. The first-order valence-corrected chi connectivity index (χ1v) is 3.75. The summed E-state index contributed by atoms with van der Waals surface area (Å²) in [6.45, 7) is 6.10. The number of ether oxygens (including phenoxy) is 2. The van der Waals surface area contributed by atoms with Crippen molar-refractivity contribution < 1.29 is 26.5 Å². The van der Waals surface area contributed by atoms with Crippen LogP contribution >= 0.6 is 0 Å². The SMILES string of the molecule is CO[C@@H](C)[C@H]1C[C@H](C)[CH-]O1.[Cu+]. The summed E-state index contributed by atoms with van der Waals surface area (Å²) in [5.41, 5.74) is 0. The van der Waals surface area contributed by atoms with Crippen LogP contribution in [0, 0.1) is 12.5 Å². The summed E-state index contributed by atoms with van der Waals surface area (Å²) in [5, 5.41) is 0. The van der Waals surface area contributed by atoms with Gasteiger partial charge in [-0.2, -0.15) is 0 Å². The number of methoxy groups -OCH3 is 1. The summed E-state index contributed by atoms with van der Waals surface area (Å²) in [6, 6.07) is 0. The van der Waals surface area contributed by atoms with Crippen LogP contribution in [0.5, 0.6) is 0 Å². The molecule has 2 nitrogen and oxygen atoms in total. The molecule has 3 heteroatoms. The van der Waals surface area contributed by atoms with Crippen molar-refractivity contribution >= 4 is 0 Å². The molecule has 70 valence electrons. The zero-order valence-electron chi connectivity index (χ0n) is 7.13. The molecule has 0 spiro atoms. The van der Waals surface area contributed by atoms with E-state index >= 15 is 0 Å². The Bertz CT molecular complexity index is 108. The molecule has 1 saturated heterocycles. The average Bonchev–Trinajstić information content (AvgIpc) is 2.34. The first kappa shape index (κ1) is 11.4. The predicted molar refractivity (Wildman–Crippen MR) is 39.4 cm³/mol. The second kappa shape index (κ2) is 5.15. The third-order valence-corrected chi connectivity index (χ3v) is 1.99. The van der Waals surface area contributed by atoms with E-state index in [1.165, 1.54) is 0 Å². The Kier molecular flexibility index (Phi) is 5.36. The van der Waals surface area contributed by atoms with Gasteiger partial charge in [0.15, 0.2) is 0 Å². The van der Waals surface area contributed by atoms with Crippen LogP contribution in [0.1, 0.15) is 20.3 Å². The maximum absolute atomic E-state index is 5.37. The van der Waals surface area contributed by atoms with Crippen LogP contribution < -0.4 is 0 Å². The third-order valence-electron chi connectivity index (χ3n) is 1.99. The molecule has 1 aliphatic heterocycles. The van der Waals surface area contributed by atoms with Crippen LogP contribution in [0.25, 0.3) is 0 Å². The summed E-state index contributed by atoms with van der Waals surface area (Å²) < 4.78 is 10.5. The Balaban J connectivity index is 0.000001000. The Morgan fingerprint density at radius 1 is 1.64 bits per heavy atom. The van der Waals surface area contributed by atoms with Crippen LogP contribution in [0.3, 0.4) is 0 Å². The van der Waals surface area contributed by atoms with Crippen molar-refractivity contribution in [2.24, 2.45) is 5.92 Å². The molecule has 1 fully saturated rings. The molecule has 0 aromatic rings.